The van der Waals surface area contributed by atoms with Gasteiger partial charge in [0.25, 0.3) is 11.8 Å². The van der Waals surface area contributed by atoms with E-state index in [4.69, 9.17) is 11.6 Å². The van der Waals surface area contributed by atoms with Crippen molar-refractivity contribution in [2.45, 2.75) is 36.4 Å². The van der Waals surface area contributed by atoms with Crippen molar-refractivity contribution in [2.24, 2.45) is 0 Å². The molecule has 0 aromatic heterocycles. The highest BCUT2D eigenvalue weighted by molar-refractivity contribution is 6.30. The molecule has 0 aliphatic carbocycles. The summed E-state index contributed by atoms with van der Waals surface area (Å²) >= 11 is 5.91. The van der Waals surface area contributed by atoms with Crippen LogP contribution in [-0.4, -0.2) is 80.2 Å². The third-order valence-electron chi connectivity index (χ3n) is 5.72. The number of rotatable bonds is 4. The Morgan fingerprint density at radius 3 is 2.27 bits per heavy atom. The Balaban J connectivity index is 1.75. The minimum atomic E-state index is -1.58. The van der Waals surface area contributed by atoms with Gasteiger partial charge in [-0.05, 0) is 36.4 Å². The Morgan fingerprint density at radius 1 is 1.03 bits per heavy atom. The number of piperidine rings is 1. The lowest BCUT2D eigenvalue weighted by Gasteiger charge is -2.60. The molecule has 0 spiro atoms. The molecular formula is C21H21ClN2O6. The standard InChI is InChI=1S/C21H21ClN2O6/c22-12-6-8-13(9-7-12)23-16-17(21(23)30)24(20(29)11-4-2-1-3-5-11)15(14(26)10-25)18(27)19(16)28/h1-9,14-19,25-28H,10H2/t14-,15+,16+,17+,18+,19+/m0/s1. The van der Waals surface area contributed by atoms with Gasteiger partial charge in [-0.2, -0.15) is 0 Å². The predicted molar refractivity (Wildman–Crippen MR) is 108 cm³/mol. The van der Waals surface area contributed by atoms with Crippen molar-refractivity contribution in [1.82, 2.24) is 4.90 Å². The summed E-state index contributed by atoms with van der Waals surface area (Å²) < 4.78 is 0. The first-order valence-corrected chi connectivity index (χ1v) is 9.86. The SMILES string of the molecule is O=C1[C@H]2[C@H]([C@@H](O)[C@H](O)[C@@H]([C@@H](O)CO)N2C(=O)c2ccccc2)N1c1ccc(Cl)cc1. The van der Waals surface area contributed by atoms with Crippen molar-refractivity contribution in [3.8, 4) is 0 Å². The molecule has 2 saturated heterocycles. The maximum Gasteiger partial charge on any atom is 0.255 e. The molecule has 0 saturated carbocycles. The molecule has 8 nitrogen and oxygen atoms in total. The Morgan fingerprint density at radius 2 is 1.67 bits per heavy atom. The monoisotopic (exact) mass is 432 g/mol. The van der Waals surface area contributed by atoms with E-state index in [2.05, 4.69) is 0 Å². The number of aliphatic hydroxyl groups excluding tert-OH is 4. The number of β-lactam (4-membered cyclic amide) rings is 1. The van der Waals surface area contributed by atoms with E-state index in [-0.39, 0.29) is 5.56 Å². The molecule has 2 aromatic rings. The topological polar surface area (TPSA) is 122 Å². The van der Waals surface area contributed by atoms with E-state index in [1.54, 1.807) is 54.6 Å². The van der Waals surface area contributed by atoms with Crippen molar-refractivity contribution < 1.29 is 30.0 Å². The largest absolute Gasteiger partial charge is 0.394 e. The van der Waals surface area contributed by atoms with Crippen molar-refractivity contribution in [1.29, 1.82) is 0 Å². The zero-order chi connectivity index (χ0) is 21.6. The number of hydrogen-bond acceptors (Lipinski definition) is 6. The summed E-state index contributed by atoms with van der Waals surface area (Å²) in [5.41, 5.74) is 0.720. The second-order valence-electron chi connectivity index (χ2n) is 7.42. The van der Waals surface area contributed by atoms with E-state index >= 15 is 0 Å². The van der Waals surface area contributed by atoms with E-state index in [9.17, 15) is 30.0 Å². The maximum absolute atomic E-state index is 13.3. The van der Waals surface area contributed by atoms with Gasteiger partial charge in [0, 0.05) is 16.3 Å². The molecule has 9 heteroatoms. The smallest absolute Gasteiger partial charge is 0.255 e. The first kappa shape index (κ1) is 20.8. The van der Waals surface area contributed by atoms with Crippen molar-refractivity contribution in [3.63, 3.8) is 0 Å². The van der Waals surface area contributed by atoms with Gasteiger partial charge in [0.1, 0.15) is 24.4 Å². The van der Waals surface area contributed by atoms with E-state index in [1.165, 1.54) is 4.90 Å². The van der Waals surface area contributed by atoms with Crippen LogP contribution in [0.15, 0.2) is 54.6 Å². The molecule has 2 amide bonds. The number of nitrogens with zero attached hydrogens (tertiary/aromatic N) is 2. The first-order chi connectivity index (χ1) is 14.4. The molecule has 2 fully saturated rings. The average molecular weight is 433 g/mol. The van der Waals surface area contributed by atoms with Gasteiger partial charge >= 0.3 is 0 Å². The fourth-order valence-corrected chi connectivity index (χ4v) is 4.41. The number of likely N-dealkylation sites (tertiary alicyclic amines) is 1. The molecule has 2 aliphatic rings. The van der Waals surface area contributed by atoms with Gasteiger partial charge in [-0.15, -0.1) is 0 Å². The zero-order valence-electron chi connectivity index (χ0n) is 15.7. The lowest BCUT2D eigenvalue weighted by atomic mass is 9.76. The lowest BCUT2D eigenvalue weighted by Crippen LogP contribution is -2.84. The van der Waals surface area contributed by atoms with Gasteiger partial charge < -0.3 is 30.2 Å². The normalized spacial score (nSPS) is 29.2. The highest BCUT2D eigenvalue weighted by Gasteiger charge is 2.64. The summed E-state index contributed by atoms with van der Waals surface area (Å²) in [6, 6.07) is 11.2. The number of hydrogen-bond donors (Lipinski definition) is 4. The minimum Gasteiger partial charge on any atom is -0.394 e. The molecule has 0 unspecified atom stereocenters. The third kappa shape index (κ3) is 3.17. The van der Waals surface area contributed by atoms with Crippen LogP contribution < -0.4 is 4.90 Å². The summed E-state index contributed by atoms with van der Waals surface area (Å²) in [7, 11) is 0. The van der Waals surface area contributed by atoms with Crippen LogP contribution >= 0.6 is 11.6 Å². The summed E-state index contributed by atoms with van der Waals surface area (Å²) in [5.74, 6) is -1.05. The Hall–Kier alpha value is -2.49. The fraction of sp³-hybridized carbons (Fsp3) is 0.333. The van der Waals surface area contributed by atoms with Gasteiger partial charge in [-0.3, -0.25) is 9.59 Å². The first-order valence-electron chi connectivity index (χ1n) is 9.48. The van der Waals surface area contributed by atoms with Crippen molar-refractivity contribution in [3.05, 3.63) is 65.2 Å². The highest BCUT2D eigenvalue weighted by Crippen LogP contribution is 2.41. The molecule has 4 N–H and O–H groups in total. The van der Waals surface area contributed by atoms with Crippen LogP contribution in [0.5, 0.6) is 0 Å². The molecule has 158 valence electrons. The molecule has 2 heterocycles. The third-order valence-corrected chi connectivity index (χ3v) is 5.98. The molecule has 6 atom stereocenters. The second-order valence-corrected chi connectivity index (χ2v) is 7.86. The number of halogens is 1. The summed E-state index contributed by atoms with van der Waals surface area (Å²) in [6.45, 7) is -0.751. The van der Waals surface area contributed by atoms with Crippen LogP contribution in [0, 0.1) is 0 Å². The van der Waals surface area contributed by atoms with E-state index in [0.29, 0.717) is 10.7 Å². The summed E-state index contributed by atoms with van der Waals surface area (Å²) in [6.07, 6.45) is -4.56. The number of carbonyl (C=O) groups is 2. The van der Waals surface area contributed by atoms with Crippen LogP contribution in [0.1, 0.15) is 10.4 Å². The molecule has 4 rings (SSSR count). The average Bonchev–Trinajstić information content (AvgIpc) is 2.76. The summed E-state index contributed by atoms with van der Waals surface area (Å²) in [5, 5.41) is 41.8. The molecule has 2 aromatic carbocycles. The lowest BCUT2D eigenvalue weighted by molar-refractivity contribution is -0.167. The van der Waals surface area contributed by atoms with E-state index in [0.717, 1.165) is 4.90 Å². The number of aliphatic hydroxyl groups is 4. The van der Waals surface area contributed by atoms with Crippen LogP contribution in [0.2, 0.25) is 5.02 Å². The molecule has 0 radical (unpaired) electrons. The van der Waals surface area contributed by atoms with Crippen LogP contribution in [0.3, 0.4) is 0 Å². The predicted octanol–water partition coefficient (Wildman–Crippen LogP) is 0.0234. The van der Waals surface area contributed by atoms with Crippen LogP contribution in [0.25, 0.3) is 0 Å². The highest BCUT2D eigenvalue weighted by atomic mass is 35.5. The molecule has 30 heavy (non-hydrogen) atoms. The maximum atomic E-state index is 13.3. The number of benzene rings is 2. The number of carbonyl (C=O) groups excluding carboxylic acids is 2. The molecular weight excluding hydrogens is 412 g/mol. The quantitative estimate of drug-likeness (QED) is 0.505. The van der Waals surface area contributed by atoms with Crippen LogP contribution in [0.4, 0.5) is 5.69 Å². The zero-order valence-corrected chi connectivity index (χ0v) is 16.5. The number of fused-ring (bicyclic) bond motifs is 1. The fourth-order valence-electron chi connectivity index (χ4n) is 4.29. The van der Waals surface area contributed by atoms with Gasteiger partial charge in [-0.25, -0.2) is 0 Å². The Bertz CT molecular complexity index is 940. The molecule has 2 aliphatic heterocycles. The number of anilines is 1. The van der Waals surface area contributed by atoms with E-state index < -0.39 is 54.9 Å². The Labute approximate surface area is 177 Å². The van der Waals surface area contributed by atoms with Gasteiger partial charge in [0.15, 0.2) is 0 Å². The number of amides is 2. The van der Waals surface area contributed by atoms with Gasteiger partial charge in [0.2, 0.25) is 0 Å². The second kappa shape index (κ2) is 7.98. The van der Waals surface area contributed by atoms with Crippen molar-refractivity contribution in [2.75, 3.05) is 11.5 Å². The van der Waals surface area contributed by atoms with Crippen molar-refractivity contribution >= 4 is 29.1 Å². The van der Waals surface area contributed by atoms with Gasteiger partial charge in [-0.1, -0.05) is 29.8 Å². The van der Waals surface area contributed by atoms with Crippen LogP contribution in [-0.2, 0) is 4.79 Å². The molecule has 0 bridgehead atoms. The minimum absolute atomic E-state index is 0.257. The van der Waals surface area contributed by atoms with E-state index in [1.807, 2.05) is 0 Å². The Kier molecular flexibility index (Phi) is 5.52. The van der Waals surface area contributed by atoms with Gasteiger partial charge in [0.05, 0.1) is 18.7 Å². The summed E-state index contributed by atoms with van der Waals surface area (Å²) in [4.78, 5) is 28.8.